The van der Waals surface area contributed by atoms with Crippen LogP contribution in [-0.2, 0) is 20.7 Å². The van der Waals surface area contributed by atoms with Crippen LogP contribution in [0.25, 0.3) is 32.5 Å². The third-order valence-electron chi connectivity index (χ3n) is 4.98. The highest BCUT2D eigenvalue weighted by Crippen LogP contribution is 2.36. The Hall–Kier alpha value is -3.69. The Kier molecular flexibility index (Phi) is 5.80. The summed E-state index contributed by atoms with van der Waals surface area (Å²) in [6.45, 7) is -0.415. The second-order valence-electron chi connectivity index (χ2n) is 7.19. The van der Waals surface area contributed by atoms with Crippen molar-refractivity contribution in [3.8, 4) is 16.3 Å². The van der Waals surface area contributed by atoms with E-state index in [0.29, 0.717) is 22.7 Å². The number of thiophene rings is 1. The van der Waals surface area contributed by atoms with E-state index in [0.717, 1.165) is 26.9 Å². The van der Waals surface area contributed by atoms with Crippen molar-refractivity contribution in [2.24, 2.45) is 0 Å². The van der Waals surface area contributed by atoms with Gasteiger partial charge in [0.05, 0.1) is 24.9 Å². The Morgan fingerprint density at radius 1 is 1.09 bits per heavy atom. The third-order valence-corrected chi connectivity index (χ3v) is 6.61. The van der Waals surface area contributed by atoms with Crippen LogP contribution in [0.2, 0.25) is 0 Å². The van der Waals surface area contributed by atoms with Crippen molar-refractivity contribution in [2.45, 2.75) is 6.42 Å². The lowest BCUT2D eigenvalue weighted by atomic mass is 10.1. The molecule has 0 aliphatic rings. The number of methoxy groups -OCH3 is 1. The third kappa shape index (κ3) is 4.46. The molecule has 33 heavy (non-hydrogen) atoms. The number of hydrogen-bond acceptors (Lipinski definition) is 8. The van der Waals surface area contributed by atoms with E-state index in [1.165, 1.54) is 18.4 Å². The van der Waals surface area contributed by atoms with Gasteiger partial charge in [0.2, 0.25) is 0 Å². The molecule has 0 radical (unpaired) electrons. The van der Waals surface area contributed by atoms with Crippen LogP contribution in [-0.4, -0.2) is 30.6 Å². The van der Waals surface area contributed by atoms with E-state index in [-0.39, 0.29) is 6.42 Å². The van der Waals surface area contributed by atoms with E-state index in [4.69, 9.17) is 13.9 Å². The van der Waals surface area contributed by atoms with Crippen LogP contribution in [0.15, 0.2) is 63.0 Å². The maximum absolute atomic E-state index is 12.4. The van der Waals surface area contributed by atoms with Crippen molar-refractivity contribution in [3.05, 3.63) is 64.3 Å². The molecule has 0 aliphatic heterocycles. The summed E-state index contributed by atoms with van der Waals surface area (Å²) < 4.78 is 16.4. The number of carbonyl (C=O) groups is 2. The summed E-state index contributed by atoms with van der Waals surface area (Å²) in [4.78, 5) is 29.1. The van der Waals surface area contributed by atoms with Gasteiger partial charge in [0, 0.05) is 33.2 Å². The number of para-hydroxylation sites is 1. The molecule has 1 N–H and O–H groups in total. The molecule has 0 aliphatic carbocycles. The van der Waals surface area contributed by atoms with Crippen molar-refractivity contribution in [1.82, 2.24) is 4.98 Å². The zero-order chi connectivity index (χ0) is 22.8. The van der Waals surface area contributed by atoms with E-state index in [1.54, 1.807) is 17.4 Å². The first-order valence-corrected chi connectivity index (χ1v) is 11.8. The summed E-state index contributed by atoms with van der Waals surface area (Å²) in [5.41, 5.74) is 3.44. The summed E-state index contributed by atoms with van der Waals surface area (Å²) in [5.74, 6) is -0.515. The molecule has 5 aromatic rings. The lowest BCUT2D eigenvalue weighted by molar-refractivity contribution is -0.146. The summed E-state index contributed by atoms with van der Waals surface area (Å²) in [6.07, 6.45) is 0.00216. The first kappa shape index (κ1) is 21.2. The van der Waals surface area contributed by atoms with Crippen LogP contribution in [0.4, 0.5) is 5.69 Å². The van der Waals surface area contributed by atoms with Crippen molar-refractivity contribution >= 4 is 62.2 Å². The zero-order valence-electron chi connectivity index (χ0n) is 17.5. The van der Waals surface area contributed by atoms with Gasteiger partial charge in [-0.2, -0.15) is 11.3 Å². The Bertz CT molecular complexity index is 1450. The standard InChI is InChI=1S/C24H18N2O5S2/c1-29-21-9-17-16-4-2-3-5-19(16)31-20(17)10-18(21)26-22(27)11-30-23(28)8-15-13-33-24(25-15)14-6-7-32-12-14/h2-7,9-10,12-13H,8,11H2,1H3,(H,26,27). The van der Waals surface area contributed by atoms with Crippen LogP contribution in [0, 0.1) is 0 Å². The van der Waals surface area contributed by atoms with Crippen LogP contribution >= 0.6 is 22.7 Å². The zero-order valence-corrected chi connectivity index (χ0v) is 19.1. The number of hydrogen-bond donors (Lipinski definition) is 1. The van der Waals surface area contributed by atoms with E-state index < -0.39 is 18.5 Å². The second kappa shape index (κ2) is 9.05. The number of aromatic nitrogens is 1. The predicted octanol–water partition coefficient (Wildman–Crippen LogP) is 5.50. The van der Waals surface area contributed by atoms with Gasteiger partial charge in [-0.3, -0.25) is 9.59 Å². The molecule has 0 spiro atoms. The Balaban J connectivity index is 1.22. The van der Waals surface area contributed by atoms with Gasteiger partial charge in [-0.1, -0.05) is 18.2 Å². The van der Waals surface area contributed by atoms with Crippen LogP contribution in [0.5, 0.6) is 5.75 Å². The maximum Gasteiger partial charge on any atom is 0.312 e. The van der Waals surface area contributed by atoms with Gasteiger partial charge in [-0.05, 0) is 23.6 Å². The second-order valence-corrected chi connectivity index (χ2v) is 8.83. The number of carbonyl (C=O) groups excluding carboxylic acids is 2. The normalized spacial score (nSPS) is 11.1. The lowest BCUT2D eigenvalue weighted by Crippen LogP contribution is -2.22. The smallest absolute Gasteiger partial charge is 0.312 e. The highest BCUT2D eigenvalue weighted by atomic mass is 32.1. The fraction of sp³-hybridized carbons (Fsp3) is 0.125. The molecule has 3 aromatic heterocycles. The number of benzene rings is 2. The van der Waals surface area contributed by atoms with E-state index in [9.17, 15) is 9.59 Å². The fourth-order valence-electron chi connectivity index (χ4n) is 3.46. The molecular formula is C24H18N2O5S2. The topological polar surface area (TPSA) is 90.7 Å². The highest BCUT2D eigenvalue weighted by Gasteiger charge is 2.16. The maximum atomic E-state index is 12.4. The van der Waals surface area contributed by atoms with Gasteiger partial charge in [0.25, 0.3) is 5.91 Å². The van der Waals surface area contributed by atoms with Gasteiger partial charge >= 0.3 is 5.97 Å². The average molecular weight is 479 g/mol. The number of nitrogens with one attached hydrogen (secondary N) is 1. The number of thiazole rings is 1. The van der Waals surface area contributed by atoms with Crippen LogP contribution in [0.3, 0.4) is 0 Å². The van der Waals surface area contributed by atoms with E-state index in [1.807, 2.05) is 52.5 Å². The monoisotopic (exact) mass is 478 g/mol. The number of nitrogens with zero attached hydrogens (tertiary/aromatic N) is 1. The molecule has 9 heteroatoms. The molecule has 0 saturated heterocycles. The minimum absolute atomic E-state index is 0.00216. The minimum Gasteiger partial charge on any atom is -0.495 e. The molecule has 0 bridgehead atoms. The molecule has 5 rings (SSSR count). The number of anilines is 1. The van der Waals surface area contributed by atoms with E-state index >= 15 is 0 Å². The van der Waals surface area contributed by atoms with Crippen molar-refractivity contribution in [1.29, 1.82) is 0 Å². The number of fused-ring (bicyclic) bond motifs is 3. The highest BCUT2D eigenvalue weighted by molar-refractivity contribution is 7.14. The summed E-state index contributed by atoms with van der Waals surface area (Å²) in [5, 5.41) is 11.2. The Morgan fingerprint density at radius 2 is 1.97 bits per heavy atom. The average Bonchev–Trinajstić information content (AvgIpc) is 3.56. The number of amides is 1. The molecule has 2 aromatic carbocycles. The predicted molar refractivity (Wildman–Crippen MR) is 129 cm³/mol. The summed E-state index contributed by atoms with van der Waals surface area (Å²) in [6, 6.07) is 13.2. The molecule has 3 heterocycles. The number of esters is 1. The molecule has 0 fully saturated rings. The number of rotatable bonds is 7. The Morgan fingerprint density at radius 3 is 2.79 bits per heavy atom. The SMILES string of the molecule is COc1cc2c(cc1NC(=O)COC(=O)Cc1csc(-c3ccsc3)n1)oc1ccccc12. The van der Waals surface area contributed by atoms with Crippen LogP contribution in [0.1, 0.15) is 5.69 Å². The molecule has 166 valence electrons. The van der Waals surface area contributed by atoms with Crippen molar-refractivity contribution in [2.75, 3.05) is 19.0 Å². The largest absolute Gasteiger partial charge is 0.495 e. The number of ether oxygens (including phenoxy) is 2. The molecule has 1 amide bonds. The lowest BCUT2D eigenvalue weighted by Gasteiger charge is -2.10. The van der Waals surface area contributed by atoms with Crippen LogP contribution < -0.4 is 10.1 Å². The number of furan rings is 1. The Labute approximate surface area is 196 Å². The van der Waals surface area contributed by atoms with Gasteiger partial charge < -0.3 is 19.2 Å². The first-order chi connectivity index (χ1) is 16.1. The molecule has 0 atom stereocenters. The minimum atomic E-state index is -0.521. The van der Waals surface area contributed by atoms with Gasteiger partial charge in [-0.15, -0.1) is 11.3 Å². The fourth-order valence-corrected chi connectivity index (χ4v) is 4.99. The van der Waals surface area contributed by atoms with Crippen molar-refractivity contribution < 1.29 is 23.5 Å². The van der Waals surface area contributed by atoms with Gasteiger partial charge in [-0.25, -0.2) is 4.98 Å². The summed E-state index contributed by atoms with van der Waals surface area (Å²) >= 11 is 3.06. The molecule has 0 saturated carbocycles. The molecule has 0 unspecified atom stereocenters. The van der Waals surface area contributed by atoms with Gasteiger partial charge in [0.15, 0.2) is 6.61 Å². The first-order valence-electron chi connectivity index (χ1n) is 10.0. The quantitative estimate of drug-likeness (QED) is 0.311. The van der Waals surface area contributed by atoms with Crippen molar-refractivity contribution in [3.63, 3.8) is 0 Å². The van der Waals surface area contributed by atoms with Gasteiger partial charge in [0.1, 0.15) is 21.9 Å². The summed E-state index contributed by atoms with van der Waals surface area (Å²) in [7, 11) is 1.53. The molecule has 7 nitrogen and oxygen atoms in total. The molecular weight excluding hydrogens is 460 g/mol. The van der Waals surface area contributed by atoms with E-state index in [2.05, 4.69) is 10.3 Å².